The minimum absolute atomic E-state index is 0.214. The van der Waals surface area contributed by atoms with Crippen LogP contribution in [0.25, 0.3) is 0 Å². The molecule has 0 unspecified atom stereocenters. The molecule has 2 heterocycles. The van der Waals surface area contributed by atoms with Gasteiger partial charge in [-0.3, -0.25) is 9.89 Å². The molecule has 25 heavy (non-hydrogen) atoms. The van der Waals surface area contributed by atoms with E-state index >= 15 is 0 Å². The lowest BCUT2D eigenvalue weighted by molar-refractivity contribution is 0.0917. The van der Waals surface area contributed by atoms with Gasteiger partial charge >= 0.3 is 0 Å². The number of nitrogens with one attached hydrogen (secondary N) is 2. The Bertz CT molecular complexity index is 930. The highest BCUT2D eigenvalue weighted by Crippen LogP contribution is 2.18. The van der Waals surface area contributed by atoms with Crippen molar-refractivity contribution in [3.05, 3.63) is 63.0 Å². The van der Waals surface area contributed by atoms with Gasteiger partial charge in [0.05, 0.1) is 6.54 Å². The minimum atomic E-state index is -0.330. The summed E-state index contributed by atoms with van der Waals surface area (Å²) in [6.07, 6.45) is 0. The summed E-state index contributed by atoms with van der Waals surface area (Å²) in [7, 11) is 1.78. The van der Waals surface area contributed by atoms with Crippen LogP contribution in [-0.4, -0.2) is 20.7 Å². The fourth-order valence-electron chi connectivity index (χ4n) is 2.05. The molecular formula is C16H15BrN4O3S. The van der Waals surface area contributed by atoms with Gasteiger partial charge in [0, 0.05) is 11.5 Å². The summed E-state index contributed by atoms with van der Waals surface area (Å²) in [5.74, 6) is 1.79. The van der Waals surface area contributed by atoms with Gasteiger partial charge in [0.2, 0.25) is 0 Å². The van der Waals surface area contributed by atoms with Gasteiger partial charge in [0.15, 0.2) is 16.4 Å². The molecule has 0 radical (unpaired) electrons. The number of hydrogen-bond donors (Lipinski definition) is 2. The Morgan fingerprint density at radius 3 is 2.80 bits per heavy atom. The smallest absolute Gasteiger partial charge is 0.287 e. The highest BCUT2D eigenvalue weighted by Gasteiger charge is 2.12. The number of aromatic nitrogens is 3. The Labute approximate surface area is 157 Å². The van der Waals surface area contributed by atoms with Crippen LogP contribution >= 0.6 is 28.1 Å². The summed E-state index contributed by atoms with van der Waals surface area (Å²) in [6, 6.07) is 10.8. The van der Waals surface area contributed by atoms with Gasteiger partial charge < -0.3 is 19.0 Å². The first kappa shape index (κ1) is 17.4. The number of benzene rings is 1. The second-order valence-electron chi connectivity index (χ2n) is 5.20. The maximum absolute atomic E-state index is 12.1. The number of aromatic amines is 1. The number of ether oxygens (including phenoxy) is 1. The quantitative estimate of drug-likeness (QED) is 0.594. The van der Waals surface area contributed by atoms with Crippen molar-refractivity contribution in [2.75, 3.05) is 0 Å². The van der Waals surface area contributed by atoms with Gasteiger partial charge in [0.1, 0.15) is 18.1 Å². The molecule has 9 heteroatoms. The zero-order chi connectivity index (χ0) is 17.8. The molecule has 0 bridgehead atoms. The predicted molar refractivity (Wildman–Crippen MR) is 96.7 cm³/mol. The summed E-state index contributed by atoms with van der Waals surface area (Å²) < 4.78 is 14.3. The Balaban J connectivity index is 1.55. The summed E-state index contributed by atoms with van der Waals surface area (Å²) in [5.41, 5.74) is 0. The van der Waals surface area contributed by atoms with Crippen molar-refractivity contribution in [1.82, 2.24) is 20.1 Å². The third-order valence-electron chi connectivity index (χ3n) is 3.46. The van der Waals surface area contributed by atoms with Gasteiger partial charge in [-0.15, -0.1) is 0 Å². The van der Waals surface area contributed by atoms with Crippen molar-refractivity contribution in [3.8, 4) is 5.75 Å². The summed E-state index contributed by atoms with van der Waals surface area (Å²) >= 11 is 8.39. The second kappa shape index (κ2) is 7.66. The maximum Gasteiger partial charge on any atom is 0.287 e. The third-order valence-corrected chi connectivity index (χ3v) is 4.35. The second-order valence-corrected chi connectivity index (χ2v) is 6.50. The number of H-pyrrole nitrogens is 1. The lowest BCUT2D eigenvalue weighted by Gasteiger charge is -2.04. The molecule has 2 N–H and O–H groups in total. The molecule has 0 saturated carbocycles. The van der Waals surface area contributed by atoms with E-state index in [1.807, 2.05) is 24.3 Å². The van der Waals surface area contributed by atoms with Gasteiger partial charge in [-0.2, -0.15) is 5.10 Å². The van der Waals surface area contributed by atoms with Gasteiger partial charge in [0.25, 0.3) is 5.91 Å². The molecule has 130 valence electrons. The minimum Gasteiger partial charge on any atom is -0.486 e. The highest BCUT2D eigenvalue weighted by atomic mass is 79.9. The molecule has 0 spiro atoms. The molecule has 1 aromatic carbocycles. The van der Waals surface area contributed by atoms with E-state index in [1.54, 1.807) is 23.7 Å². The molecule has 1 amide bonds. The molecule has 3 aromatic rings. The van der Waals surface area contributed by atoms with Crippen molar-refractivity contribution in [2.45, 2.75) is 13.2 Å². The first-order valence-corrected chi connectivity index (χ1v) is 8.58. The van der Waals surface area contributed by atoms with E-state index in [4.69, 9.17) is 21.4 Å². The molecule has 0 aliphatic heterocycles. The molecule has 0 atom stereocenters. The SMILES string of the molecule is Cn1c(CNC(=O)c2ccc(COc3ccc(Br)cc3)o2)n[nH]c1=S. The average Bonchev–Trinajstić information content (AvgIpc) is 3.21. The van der Waals surface area contributed by atoms with Crippen molar-refractivity contribution in [2.24, 2.45) is 7.05 Å². The fraction of sp³-hybridized carbons (Fsp3) is 0.188. The van der Waals surface area contributed by atoms with Crippen LogP contribution in [0.3, 0.4) is 0 Å². The molecule has 3 rings (SSSR count). The van der Waals surface area contributed by atoms with Crippen LogP contribution in [0.15, 0.2) is 45.3 Å². The standard InChI is InChI=1S/C16H15BrN4O3S/c1-21-14(19-20-16(21)25)8-18-15(22)13-7-6-12(24-13)9-23-11-4-2-10(17)3-5-11/h2-7H,8-9H2,1H3,(H,18,22)(H,20,25). The van der Waals surface area contributed by atoms with Crippen molar-refractivity contribution < 1.29 is 13.9 Å². The number of halogens is 1. The first-order chi connectivity index (χ1) is 12.0. The Hall–Kier alpha value is -2.39. The van der Waals surface area contributed by atoms with Crippen molar-refractivity contribution in [1.29, 1.82) is 0 Å². The van der Waals surface area contributed by atoms with Gasteiger partial charge in [-0.25, -0.2) is 0 Å². The van der Waals surface area contributed by atoms with E-state index in [-0.39, 0.29) is 24.8 Å². The fourth-order valence-corrected chi connectivity index (χ4v) is 2.46. The molecule has 0 aliphatic rings. The van der Waals surface area contributed by atoms with Crippen LogP contribution < -0.4 is 10.1 Å². The molecule has 0 saturated heterocycles. The number of carbonyl (C=O) groups is 1. The molecular weight excluding hydrogens is 408 g/mol. The number of rotatable bonds is 6. The van der Waals surface area contributed by atoms with Crippen LogP contribution in [0.4, 0.5) is 0 Å². The molecule has 0 aliphatic carbocycles. The Kier molecular flexibility index (Phi) is 5.34. The van der Waals surface area contributed by atoms with Gasteiger partial charge in [-0.1, -0.05) is 15.9 Å². The van der Waals surface area contributed by atoms with Crippen molar-refractivity contribution in [3.63, 3.8) is 0 Å². The largest absolute Gasteiger partial charge is 0.486 e. The Morgan fingerprint density at radius 2 is 2.12 bits per heavy atom. The van der Waals surface area contributed by atoms with Gasteiger partial charge in [-0.05, 0) is 48.6 Å². The van der Waals surface area contributed by atoms with E-state index in [1.165, 1.54) is 0 Å². The third kappa shape index (κ3) is 4.37. The first-order valence-electron chi connectivity index (χ1n) is 7.38. The maximum atomic E-state index is 12.1. The molecule has 2 aromatic heterocycles. The lowest BCUT2D eigenvalue weighted by Crippen LogP contribution is -2.24. The van der Waals surface area contributed by atoms with E-state index in [9.17, 15) is 4.79 Å². The van der Waals surface area contributed by atoms with Crippen LogP contribution in [-0.2, 0) is 20.2 Å². The normalized spacial score (nSPS) is 10.6. The number of nitrogens with zero attached hydrogens (tertiary/aromatic N) is 2. The summed E-state index contributed by atoms with van der Waals surface area (Å²) in [5, 5.41) is 9.43. The monoisotopic (exact) mass is 422 g/mol. The van der Waals surface area contributed by atoms with Crippen LogP contribution in [0, 0.1) is 4.77 Å². The number of amides is 1. The van der Waals surface area contributed by atoms with E-state index < -0.39 is 0 Å². The summed E-state index contributed by atoms with van der Waals surface area (Å²) in [6.45, 7) is 0.483. The highest BCUT2D eigenvalue weighted by molar-refractivity contribution is 9.10. The number of hydrogen-bond acceptors (Lipinski definition) is 5. The van der Waals surface area contributed by atoms with Crippen molar-refractivity contribution >= 4 is 34.1 Å². The Morgan fingerprint density at radius 1 is 1.36 bits per heavy atom. The van der Waals surface area contributed by atoms with E-state index in [2.05, 4.69) is 31.4 Å². The van der Waals surface area contributed by atoms with E-state index in [0.717, 1.165) is 10.2 Å². The zero-order valence-electron chi connectivity index (χ0n) is 13.3. The summed E-state index contributed by atoms with van der Waals surface area (Å²) in [4.78, 5) is 12.1. The van der Waals surface area contributed by atoms with Crippen LogP contribution in [0.1, 0.15) is 22.1 Å². The average molecular weight is 423 g/mol. The topological polar surface area (TPSA) is 85.1 Å². The number of carbonyl (C=O) groups excluding carboxylic acids is 1. The predicted octanol–water partition coefficient (Wildman–Crippen LogP) is 3.34. The lowest BCUT2D eigenvalue weighted by atomic mass is 10.3. The molecule has 0 fully saturated rings. The zero-order valence-corrected chi connectivity index (χ0v) is 15.7. The van der Waals surface area contributed by atoms with E-state index in [0.29, 0.717) is 16.4 Å². The molecule has 7 nitrogen and oxygen atoms in total. The number of furan rings is 1. The van der Waals surface area contributed by atoms with Crippen LogP contribution in [0.2, 0.25) is 0 Å². The van der Waals surface area contributed by atoms with Crippen LogP contribution in [0.5, 0.6) is 5.75 Å².